The van der Waals surface area contributed by atoms with Crippen LogP contribution in [0.4, 0.5) is 4.79 Å². The van der Waals surface area contributed by atoms with Crippen molar-refractivity contribution in [2.75, 3.05) is 7.11 Å². The van der Waals surface area contributed by atoms with Crippen LogP contribution >= 0.6 is 11.6 Å². The van der Waals surface area contributed by atoms with Crippen molar-refractivity contribution in [3.8, 4) is 0 Å². The summed E-state index contributed by atoms with van der Waals surface area (Å²) in [5.41, 5.74) is -2.18. The molecule has 0 unspecified atom stereocenters. The summed E-state index contributed by atoms with van der Waals surface area (Å²) in [6, 6.07) is 6.76. The summed E-state index contributed by atoms with van der Waals surface area (Å²) in [5.74, 6) is -0.279. The SMILES string of the molecule is COC(=O)C(C)(C)c1nc2c(c(=O)n(Cc3cc4c(Cl)cccc4n3C(=O)OC(C)(C)C)c(=O)n2C)n1C. The summed E-state index contributed by atoms with van der Waals surface area (Å²) < 4.78 is 15.6. The fourth-order valence-corrected chi connectivity index (χ4v) is 4.76. The van der Waals surface area contributed by atoms with Crippen molar-refractivity contribution in [1.29, 1.82) is 0 Å². The van der Waals surface area contributed by atoms with E-state index in [0.717, 1.165) is 4.57 Å². The molecule has 1 aromatic carbocycles. The second-order valence-corrected chi connectivity index (χ2v) is 11.0. The van der Waals surface area contributed by atoms with Gasteiger partial charge in [-0.3, -0.25) is 18.7 Å². The third-order valence-electron chi connectivity index (χ3n) is 6.38. The minimum absolute atomic E-state index is 0.122. The Morgan fingerprint density at radius 1 is 1.05 bits per heavy atom. The van der Waals surface area contributed by atoms with E-state index in [-0.39, 0.29) is 23.5 Å². The van der Waals surface area contributed by atoms with E-state index in [1.54, 1.807) is 65.9 Å². The van der Waals surface area contributed by atoms with Crippen LogP contribution in [0.5, 0.6) is 0 Å². The van der Waals surface area contributed by atoms with Gasteiger partial charge in [-0.05, 0) is 52.8 Å². The highest BCUT2D eigenvalue weighted by Gasteiger charge is 2.37. The molecule has 3 aromatic heterocycles. The molecule has 38 heavy (non-hydrogen) atoms. The van der Waals surface area contributed by atoms with E-state index in [4.69, 9.17) is 21.1 Å². The lowest BCUT2D eigenvalue weighted by molar-refractivity contribution is -0.146. The molecule has 12 heteroatoms. The Hall–Kier alpha value is -3.86. The molecule has 202 valence electrons. The number of esters is 1. The van der Waals surface area contributed by atoms with E-state index >= 15 is 0 Å². The number of nitrogens with zero attached hydrogens (tertiary/aromatic N) is 5. The highest BCUT2D eigenvalue weighted by molar-refractivity contribution is 6.35. The standard InChI is InChI=1S/C26H30ClN5O6/c1-25(2,3)38-24(36)32-14(12-15-16(27)10-9-11-17(15)32)13-31-20(33)18-19(30(7)23(31)35)28-21(29(18)6)26(4,5)22(34)37-8/h9-12H,13H2,1-8H3. The van der Waals surface area contributed by atoms with Gasteiger partial charge in [0.05, 0.1) is 24.9 Å². The molecule has 0 aliphatic carbocycles. The zero-order valence-electron chi connectivity index (χ0n) is 22.6. The van der Waals surface area contributed by atoms with Crippen LogP contribution in [0.3, 0.4) is 0 Å². The average Bonchev–Trinajstić information content (AvgIpc) is 3.38. The summed E-state index contributed by atoms with van der Waals surface area (Å²) >= 11 is 6.40. The fraction of sp³-hybridized carbons (Fsp3) is 0.423. The summed E-state index contributed by atoms with van der Waals surface area (Å²) in [5, 5.41) is 0.978. The molecule has 0 radical (unpaired) electrons. The zero-order valence-corrected chi connectivity index (χ0v) is 23.3. The molecule has 0 bridgehead atoms. The summed E-state index contributed by atoms with van der Waals surface area (Å²) in [4.78, 5) is 57.3. The summed E-state index contributed by atoms with van der Waals surface area (Å²) in [6.07, 6.45) is -0.668. The minimum atomic E-state index is -1.18. The first-order chi connectivity index (χ1) is 17.6. The number of imidazole rings is 1. The van der Waals surface area contributed by atoms with Crippen LogP contribution in [0, 0.1) is 0 Å². The van der Waals surface area contributed by atoms with Crippen molar-refractivity contribution in [2.24, 2.45) is 14.1 Å². The molecule has 0 aliphatic rings. The second kappa shape index (κ2) is 9.16. The van der Waals surface area contributed by atoms with Gasteiger partial charge in [0.2, 0.25) is 0 Å². The van der Waals surface area contributed by atoms with Crippen molar-refractivity contribution in [3.63, 3.8) is 0 Å². The number of halogens is 1. The number of aromatic nitrogens is 5. The molecule has 4 rings (SSSR count). The van der Waals surface area contributed by atoms with Gasteiger partial charge in [0, 0.05) is 24.5 Å². The highest BCUT2D eigenvalue weighted by Crippen LogP contribution is 2.29. The molecular weight excluding hydrogens is 514 g/mol. The number of fused-ring (bicyclic) bond motifs is 2. The maximum atomic E-state index is 13.7. The number of ether oxygens (including phenoxy) is 2. The molecule has 11 nitrogen and oxygen atoms in total. The van der Waals surface area contributed by atoms with Crippen molar-refractivity contribution >= 4 is 45.7 Å². The lowest BCUT2D eigenvalue weighted by Gasteiger charge is -2.21. The lowest BCUT2D eigenvalue weighted by Crippen LogP contribution is -2.40. The number of hydrogen-bond donors (Lipinski definition) is 0. The average molecular weight is 544 g/mol. The molecule has 0 atom stereocenters. The van der Waals surface area contributed by atoms with Gasteiger partial charge in [-0.1, -0.05) is 17.7 Å². The Kier molecular flexibility index (Phi) is 6.55. The maximum absolute atomic E-state index is 13.7. The fourth-order valence-electron chi connectivity index (χ4n) is 4.54. The molecule has 0 amide bonds. The molecule has 3 heterocycles. The molecule has 4 aromatic rings. The quantitative estimate of drug-likeness (QED) is 0.362. The molecule has 0 spiro atoms. The van der Waals surface area contributed by atoms with E-state index in [2.05, 4.69) is 4.98 Å². The van der Waals surface area contributed by atoms with Gasteiger partial charge in [0.15, 0.2) is 11.2 Å². The first-order valence-corrected chi connectivity index (χ1v) is 12.2. The van der Waals surface area contributed by atoms with Crippen LogP contribution in [0.15, 0.2) is 33.9 Å². The van der Waals surface area contributed by atoms with Crippen LogP contribution in [0.25, 0.3) is 22.1 Å². The second-order valence-electron chi connectivity index (χ2n) is 10.6. The van der Waals surface area contributed by atoms with Gasteiger partial charge in [0.1, 0.15) is 16.8 Å². The van der Waals surface area contributed by atoms with Crippen molar-refractivity contribution < 1.29 is 19.1 Å². The van der Waals surface area contributed by atoms with E-state index in [1.165, 1.54) is 27.9 Å². The number of benzene rings is 1. The molecule has 0 saturated carbocycles. The Morgan fingerprint density at radius 3 is 2.32 bits per heavy atom. The van der Waals surface area contributed by atoms with Crippen LogP contribution in [0.1, 0.15) is 46.1 Å². The van der Waals surface area contributed by atoms with Crippen LogP contribution < -0.4 is 11.2 Å². The predicted molar refractivity (Wildman–Crippen MR) is 143 cm³/mol. The largest absolute Gasteiger partial charge is 0.468 e. The number of hydrogen-bond acceptors (Lipinski definition) is 7. The Bertz CT molecular complexity index is 1730. The smallest absolute Gasteiger partial charge is 0.419 e. The van der Waals surface area contributed by atoms with Gasteiger partial charge in [-0.15, -0.1) is 0 Å². The highest BCUT2D eigenvalue weighted by atomic mass is 35.5. The van der Waals surface area contributed by atoms with Gasteiger partial charge >= 0.3 is 17.8 Å². The number of carbonyl (C=O) groups excluding carboxylic acids is 2. The van der Waals surface area contributed by atoms with Gasteiger partial charge < -0.3 is 14.0 Å². The molecule has 0 N–H and O–H groups in total. The van der Waals surface area contributed by atoms with Crippen LogP contribution in [-0.4, -0.2) is 48.0 Å². The predicted octanol–water partition coefficient (Wildman–Crippen LogP) is 3.32. The van der Waals surface area contributed by atoms with Crippen molar-refractivity contribution in [2.45, 2.75) is 52.2 Å². The number of carbonyl (C=O) groups is 2. The minimum Gasteiger partial charge on any atom is -0.468 e. The molecule has 0 saturated heterocycles. The van der Waals surface area contributed by atoms with Gasteiger partial charge in [-0.25, -0.2) is 19.1 Å². The van der Waals surface area contributed by atoms with Crippen LogP contribution in [-0.2, 0) is 40.3 Å². The monoisotopic (exact) mass is 543 g/mol. The number of aryl methyl sites for hydroxylation is 2. The molecule has 0 fully saturated rings. The number of methoxy groups -OCH3 is 1. The third kappa shape index (κ3) is 4.30. The van der Waals surface area contributed by atoms with E-state index in [1.807, 2.05) is 0 Å². The zero-order chi connectivity index (χ0) is 28.3. The van der Waals surface area contributed by atoms with E-state index in [9.17, 15) is 19.2 Å². The van der Waals surface area contributed by atoms with Crippen molar-refractivity contribution in [3.05, 3.63) is 61.6 Å². The van der Waals surface area contributed by atoms with E-state index in [0.29, 0.717) is 21.6 Å². The Balaban J connectivity index is 1.96. The molecule has 0 aliphatic heterocycles. The first-order valence-electron chi connectivity index (χ1n) is 11.9. The lowest BCUT2D eigenvalue weighted by atomic mass is 9.92. The summed E-state index contributed by atoms with van der Waals surface area (Å²) in [7, 11) is 4.36. The topological polar surface area (TPSA) is 119 Å². The normalized spacial score (nSPS) is 12.3. The molecular formula is C26H30ClN5O6. The Labute approximate surface area is 223 Å². The third-order valence-corrected chi connectivity index (χ3v) is 6.71. The summed E-state index contributed by atoms with van der Waals surface area (Å²) in [6.45, 7) is 8.24. The van der Waals surface area contributed by atoms with Crippen LogP contribution in [0.2, 0.25) is 5.02 Å². The van der Waals surface area contributed by atoms with Crippen molar-refractivity contribution in [1.82, 2.24) is 23.3 Å². The maximum Gasteiger partial charge on any atom is 0.419 e. The van der Waals surface area contributed by atoms with Gasteiger partial charge in [-0.2, -0.15) is 0 Å². The Morgan fingerprint density at radius 2 is 1.71 bits per heavy atom. The number of rotatable bonds is 4. The van der Waals surface area contributed by atoms with Gasteiger partial charge in [0.25, 0.3) is 5.56 Å². The first kappa shape index (κ1) is 27.2. The van der Waals surface area contributed by atoms with E-state index < -0.39 is 34.3 Å².